The molecule has 1 saturated heterocycles. The Hall–Kier alpha value is -0.840. The Morgan fingerprint density at radius 3 is 2.83 bits per heavy atom. The van der Waals surface area contributed by atoms with Crippen molar-refractivity contribution in [2.75, 3.05) is 33.2 Å². The summed E-state index contributed by atoms with van der Waals surface area (Å²) in [4.78, 5) is 4.85. The van der Waals surface area contributed by atoms with Crippen LogP contribution in [0.25, 0.3) is 0 Å². The molecule has 0 saturated carbocycles. The molecule has 1 fully saturated rings. The van der Waals surface area contributed by atoms with Crippen LogP contribution in [0.15, 0.2) is 22.8 Å². The van der Waals surface area contributed by atoms with Crippen molar-refractivity contribution >= 4 is 0 Å². The zero-order chi connectivity index (χ0) is 13.2. The molecule has 1 atom stereocenters. The second-order valence-electron chi connectivity index (χ2n) is 6.23. The third-order valence-electron chi connectivity index (χ3n) is 3.58. The Kier molecular flexibility index (Phi) is 4.10. The minimum absolute atomic E-state index is 0.283. The zero-order valence-corrected chi connectivity index (χ0v) is 11.7. The van der Waals surface area contributed by atoms with Gasteiger partial charge < -0.3 is 15.1 Å². The molecule has 0 aromatic carbocycles. The van der Waals surface area contributed by atoms with E-state index in [2.05, 4.69) is 30.7 Å². The van der Waals surface area contributed by atoms with Crippen molar-refractivity contribution in [2.45, 2.75) is 26.4 Å². The summed E-state index contributed by atoms with van der Waals surface area (Å²) in [5.74, 6) is 1.02. The molecule has 1 aromatic rings. The summed E-state index contributed by atoms with van der Waals surface area (Å²) < 4.78 is 5.47. The molecular weight excluding hydrogens is 226 g/mol. The van der Waals surface area contributed by atoms with Crippen molar-refractivity contribution in [1.82, 2.24) is 9.80 Å². The van der Waals surface area contributed by atoms with E-state index < -0.39 is 0 Å². The van der Waals surface area contributed by atoms with Crippen molar-refractivity contribution in [3.8, 4) is 0 Å². The average Bonchev–Trinajstić information content (AvgIpc) is 2.72. The highest BCUT2D eigenvalue weighted by atomic mass is 16.3. The summed E-state index contributed by atoms with van der Waals surface area (Å²) in [5.41, 5.74) is 6.23. The van der Waals surface area contributed by atoms with Crippen molar-refractivity contribution in [3.63, 3.8) is 0 Å². The fourth-order valence-corrected chi connectivity index (χ4v) is 3.01. The van der Waals surface area contributed by atoms with Crippen LogP contribution >= 0.6 is 0 Å². The van der Waals surface area contributed by atoms with Gasteiger partial charge in [-0.05, 0) is 24.6 Å². The van der Waals surface area contributed by atoms with Crippen LogP contribution in [-0.2, 0) is 6.54 Å². The molecule has 1 aromatic heterocycles. The Bertz CT molecular complexity index is 361. The van der Waals surface area contributed by atoms with Crippen LogP contribution < -0.4 is 5.73 Å². The van der Waals surface area contributed by atoms with Gasteiger partial charge in [-0.15, -0.1) is 0 Å². The van der Waals surface area contributed by atoms with E-state index in [1.165, 1.54) is 0 Å². The molecule has 0 aliphatic carbocycles. The summed E-state index contributed by atoms with van der Waals surface area (Å²) >= 11 is 0. The number of hydrogen-bond donors (Lipinski definition) is 1. The summed E-state index contributed by atoms with van der Waals surface area (Å²) in [5, 5.41) is 0. The van der Waals surface area contributed by atoms with E-state index in [4.69, 9.17) is 10.2 Å². The maximum Gasteiger partial charge on any atom is 0.117 e. The van der Waals surface area contributed by atoms with Crippen molar-refractivity contribution in [3.05, 3.63) is 24.2 Å². The van der Waals surface area contributed by atoms with Crippen molar-refractivity contribution in [1.29, 1.82) is 0 Å². The van der Waals surface area contributed by atoms with Crippen LogP contribution in [0.2, 0.25) is 0 Å². The van der Waals surface area contributed by atoms with Gasteiger partial charge in [-0.2, -0.15) is 0 Å². The van der Waals surface area contributed by atoms with Gasteiger partial charge >= 0.3 is 0 Å². The molecule has 0 bridgehead atoms. The lowest BCUT2D eigenvalue weighted by Gasteiger charge is -2.32. The Balaban J connectivity index is 2.13. The molecule has 4 nitrogen and oxygen atoms in total. The monoisotopic (exact) mass is 251 g/mol. The lowest BCUT2D eigenvalue weighted by molar-refractivity contribution is 0.142. The Morgan fingerprint density at radius 1 is 1.44 bits per heavy atom. The predicted octanol–water partition coefficient (Wildman–Crippen LogP) is 1.38. The van der Waals surface area contributed by atoms with Crippen LogP contribution in [0, 0.1) is 5.41 Å². The molecule has 2 heterocycles. The van der Waals surface area contributed by atoms with Gasteiger partial charge in [-0.3, -0.25) is 4.90 Å². The maximum absolute atomic E-state index is 5.94. The lowest BCUT2D eigenvalue weighted by atomic mass is 9.92. The minimum atomic E-state index is 0.283. The fourth-order valence-electron chi connectivity index (χ4n) is 3.01. The summed E-state index contributed by atoms with van der Waals surface area (Å²) in [6.45, 7) is 9.38. The summed E-state index contributed by atoms with van der Waals surface area (Å²) in [6.07, 6.45) is 1.74. The predicted molar refractivity (Wildman–Crippen MR) is 73.2 cm³/mol. The van der Waals surface area contributed by atoms with Gasteiger partial charge in [0.05, 0.1) is 12.8 Å². The molecule has 0 radical (unpaired) electrons. The molecule has 0 spiro atoms. The Morgan fingerprint density at radius 2 is 2.22 bits per heavy atom. The van der Waals surface area contributed by atoms with E-state index in [1.807, 2.05) is 12.1 Å². The molecule has 1 unspecified atom stereocenters. The molecular formula is C14H25N3O. The summed E-state index contributed by atoms with van der Waals surface area (Å²) in [7, 11) is 2.18. The van der Waals surface area contributed by atoms with Gasteiger partial charge in [0.15, 0.2) is 0 Å². The lowest BCUT2D eigenvalue weighted by Crippen LogP contribution is -2.45. The average molecular weight is 251 g/mol. The first-order chi connectivity index (χ1) is 8.50. The molecule has 0 amide bonds. The third-order valence-corrected chi connectivity index (χ3v) is 3.58. The molecule has 4 heteroatoms. The topological polar surface area (TPSA) is 45.6 Å². The molecule has 1 aliphatic rings. The number of nitrogens with two attached hydrogens (primary N) is 1. The molecule has 18 heavy (non-hydrogen) atoms. The third kappa shape index (κ3) is 3.34. The fraction of sp³-hybridized carbons (Fsp3) is 0.714. The highest BCUT2D eigenvalue weighted by molar-refractivity contribution is 5.00. The van der Waals surface area contributed by atoms with Crippen LogP contribution in [0.3, 0.4) is 0 Å². The second-order valence-corrected chi connectivity index (χ2v) is 6.23. The number of furan rings is 1. The number of nitrogens with zero attached hydrogens (tertiary/aromatic N) is 2. The standard InChI is InChI=1S/C14H25N3O/c1-14(2)10-16(3)8-12(7-15)17(11-14)9-13-5-4-6-18-13/h4-6,12H,7-11,15H2,1-3H3. The van der Waals surface area contributed by atoms with E-state index in [9.17, 15) is 0 Å². The van der Waals surface area contributed by atoms with Gasteiger partial charge in [-0.1, -0.05) is 13.8 Å². The van der Waals surface area contributed by atoms with Gasteiger partial charge in [0.25, 0.3) is 0 Å². The quantitative estimate of drug-likeness (QED) is 0.881. The molecule has 2 rings (SSSR count). The smallest absolute Gasteiger partial charge is 0.117 e. The molecule has 102 valence electrons. The van der Waals surface area contributed by atoms with E-state index in [0.717, 1.165) is 31.9 Å². The van der Waals surface area contributed by atoms with Crippen LogP contribution in [-0.4, -0.2) is 49.1 Å². The van der Waals surface area contributed by atoms with E-state index in [-0.39, 0.29) is 5.41 Å². The van der Waals surface area contributed by atoms with Crippen molar-refractivity contribution < 1.29 is 4.42 Å². The van der Waals surface area contributed by atoms with Gasteiger partial charge in [0, 0.05) is 32.2 Å². The molecule has 1 aliphatic heterocycles. The normalized spacial score (nSPS) is 26.1. The summed E-state index contributed by atoms with van der Waals surface area (Å²) in [6, 6.07) is 4.39. The largest absolute Gasteiger partial charge is 0.468 e. The first kappa shape index (κ1) is 13.6. The SMILES string of the molecule is CN1CC(CN)N(Cc2ccco2)CC(C)(C)C1. The Labute approximate surface area is 110 Å². The maximum atomic E-state index is 5.94. The first-order valence-electron chi connectivity index (χ1n) is 6.65. The van der Waals surface area contributed by atoms with E-state index in [0.29, 0.717) is 12.6 Å². The molecule has 2 N–H and O–H groups in total. The van der Waals surface area contributed by atoms with Gasteiger partial charge in [-0.25, -0.2) is 0 Å². The highest BCUT2D eigenvalue weighted by Gasteiger charge is 2.32. The number of hydrogen-bond acceptors (Lipinski definition) is 4. The van der Waals surface area contributed by atoms with E-state index >= 15 is 0 Å². The van der Waals surface area contributed by atoms with Crippen LogP contribution in [0.4, 0.5) is 0 Å². The second kappa shape index (κ2) is 5.43. The minimum Gasteiger partial charge on any atom is -0.468 e. The van der Waals surface area contributed by atoms with Gasteiger partial charge in [0.2, 0.25) is 0 Å². The highest BCUT2D eigenvalue weighted by Crippen LogP contribution is 2.25. The van der Waals surface area contributed by atoms with Gasteiger partial charge in [0.1, 0.15) is 5.76 Å². The number of likely N-dealkylation sites (N-methyl/N-ethyl adjacent to an activating group) is 1. The van der Waals surface area contributed by atoms with E-state index in [1.54, 1.807) is 6.26 Å². The zero-order valence-electron chi connectivity index (χ0n) is 11.7. The first-order valence-corrected chi connectivity index (χ1v) is 6.65. The van der Waals surface area contributed by atoms with Crippen molar-refractivity contribution in [2.24, 2.45) is 11.1 Å². The van der Waals surface area contributed by atoms with Crippen LogP contribution in [0.5, 0.6) is 0 Å². The number of rotatable bonds is 3. The van der Waals surface area contributed by atoms with Crippen LogP contribution in [0.1, 0.15) is 19.6 Å².